The van der Waals surface area contributed by atoms with Crippen LogP contribution in [0.5, 0.6) is 0 Å². The fourth-order valence-electron chi connectivity index (χ4n) is 3.23. The average molecular weight is 434 g/mol. The van der Waals surface area contributed by atoms with Crippen molar-refractivity contribution >= 4 is 50.5 Å². The van der Waals surface area contributed by atoms with Gasteiger partial charge in [0.15, 0.2) is 0 Å². The Morgan fingerprint density at radius 1 is 1.08 bits per heavy atom. The molecule has 0 aromatic heterocycles. The van der Waals surface area contributed by atoms with Crippen molar-refractivity contribution in [1.29, 1.82) is 0 Å². The molecule has 1 fully saturated rings. The third-order valence-electron chi connectivity index (χ3n) is 4.57. The molecular weight excluding hydrogens is 415 g/mol. The van der Waals surface area contributed by atoms with E-state index in [0.29, 0.717) is 20.8 Å². The number of sulfonamides is 1. The summed E-state index contributed by atoms with van der Waals surface area (Å²) in [7, 11) is -3.86. The van der Waals surface area contributed by atoms with Crippen LogP contribution in [-0.2, 0) is 10.0 Å². The number of anilines is 1. The molecule has 1 aliphatic rings. The second-order valence-corrected chi connectivity index (χ2v) is 9.39. The number of hydrogen-bond acceptors (Lipinski definition) is 3. The van der Waals surface area contributed by atoms with Crippen molar-refractivity contribution < 1.29 is 8.42 Å². The van der Waals surface area contributed by atoms with E-state index in [0.717, 1.165) is 19.4 Å². The number of halogens is 3. The van der Waals surface area contributed by atoms with E-state index >= 15 is 0 Å². The molecule has 26 heavy (non-hydrogen) atoms. The van der Waals surface area contributed by atoms with Gasteiger partial charge in [0.25, 0.3) is 10.0 Å². The molecule has 4 nitrogen and oxygen atoms in total. The molecule has 2 aromatic carbocycles. The van der Waals surface area contributed by atoms with Crippen molar-refractivity contribution in [3.8, 4) is 0 Å². The van der Waals surface area contributed by atoms with E-state index < -0.39 is 10.0 Å². The van der Waals surface area contributed by atoms with Gasteiger partial charge >= 0.3 is 0 Å². The molecule has 8 heteroatoms. The van der Waals surface area contributed by atoms with E-state index in [1.807, 2.05) is 6.92 Å². The van der Waals surface area contributed by atoms with Crippen LogP contribution in [0.2, 0.25) is 15.1 Å². The Kier molecular flexibility index (Phi) is 6.04. The molecule has 1 aliphatic heterocycles. The monoisotopic (exact) mass is 432 g/mol. The first-order valence-corrected chi connectivity index (χ1v) is 10.9. The summed E-state index contributed by atoms with van der Waals surface area (Å²) in [4.78, 5) is 0.155. The molecule has 2 unspecified atom stereocenters. The smallest absolute Gasteiger partial charge is 0.264 e. The third-order valence-corrected chi connectivity index (χ3v) is 7.29. The van der Waals surface area contributed by atoms with Crippen LogP contribution in [-0.4, -0.2) is 27.0 Å². The summed E-state index contributed by atoms with van der Waals surface area (Å²) in [6.07, 6.45) is 1.90. The molecule has 140 valence electrons. The lowest BCUT2D eigenvalue weighted by Gasteiger charge is -2.34. The third kappa shape index (κ3) is 3.97. The van der Waals surface area contributed by atoms with Gasteiger partial charge in [-0.15, -0.1) is 0 Å². The summed E-state index contributed by atoms with van der Waals surface area (Å²) in [6, 6.07) is 10.6. The summed E-state index contributed by atoms with van der Waals surface area (Å²) in [5.74, 6) is 0. The van der Waals surface area contributed by atoms with Crippen LogP contribution in [0.25, 0.3) is 0 Å². The lowest BCUT2D eigenvalue weighted by molar-refractivity contribution is 0.501. The van der Waals surface area contributed by atoms with Gasteiger partial charge in [-0.2, -0.15) is 0 Å². The molecule has 2 atom stereocenters. The van der Waals surface area contributed by atoms with Crippen molar-refractivity contribution in [2.75, 3.05) is 10.8 Å². The van der Waals surface area contributed by atoms with Crippen LogP contribution in [0.15, 0.2) is 47.4 Å². The standard InChI is InChI=1S/C18H19Cl3N2O2S/c1-12(17-3-2-10-22-17)23(18-11-14(20)6-9-16(18)21)26(24,25)15-7-4-13(19)5-8-15/h4-9,11-12,17,22H,2-3,10H2,1H3. The number of rotatable bonds is 5. The Morgan fingerprint density at radius 2 is 1.73 bits per heavy atom. The predicted molar refractivity (Wildman–Crippen MR) is 108 cm³/mol. The zero-order valence-electron chi connectivity index (χ0n) is 14.1. The second kappa shape index (κ2) is 7.95. The summed E-state index contributed by atoms with van der Waals surface area (Å²) >= 11 is 18.4. The van der Waals surface area contributed by atoms with E-state index in [4.69, 9.17) is 34.8 Å². The molecule has 0 spiro atoms. The Morgan fingerprint density at radius 3 is 2.35 bits per heavy atom. The van der Waals surface area contributed by atoms with Gasteiger partial charge in [0.05, 0.1) is 21.6 Å². The van der Waals surface area contributed by atoms with Crippen LogP contribution in [0.4, 0.5) is 5.69 Å². The Balaban J connectivity index is 2.13. The highest BCUT2D eigenvalue weighted by atomic mass is 35.5. The highest BCUT2D eigenvalue weighted by Gasteiger charge is 2.36. The zero-order chi connectivity index (χ0) is 18.9. The van der Waals surface area contributed by atoms with Gasteiger partial charge in [-0.1, -0.05) is 34.8 Å². The van der Waals surface area contributed by atoms with E-state index in [1.165, 1.54) is 16.4 Å². The summed E-state index contributed by atoms with van der Waals surface area (Å²) in [5.41, 5.74) is 0.371. The number of nitrogens with zero attached hydrogens (tertiary/aromatic N) is 1. The van der Waals surface area contributed by atoms with Gasteiger partial charge in [0, 0.05) is 16.1 Å². The van der Waals surface area contributed by atoms with E-state index in [1.54, 1.807) is 30.3 Å². The average Bonchev–Trinajstić information content (AvgIpc) is 3.13. The number of benzene rings is 2. The fourth-order valence-corrected chi connectivity index (χ4v) is 5.48. The van der Waals surface area contributed by atoms with Crippen molar-refractivity contribution in [3.05, 3.63) is 57.5 Å². The van der Waals surface area contributed by atoms with Gasteiger partial charge in [0.1, 0.15) is 0 Å². The van der Waals surface area contributed by atoms with Crippen molar-refractivity contribution in [2.24, 2.45) is 0 Å². The van der Waals surface area contributed by atoms with Crippen LogP contribution >= 0.6 is 34.8 Å². The van der Waals surface area contributed by atoms with E-state index in [-0.39, 0.29) is 17.0 Å². The minimum atomic E-state index is -3.86. The van der Waals surface area contributed by atoms with Crippen LogP contribution in [0.3, 0.4) is 0 Å². The van der Waals surface area contributed by atoms with Gasteiger partial charge in [-0.25, -0.2) is 8.42 Å². The molecule has 0 radical (unpaired) electrons. The number of hydrogen-bond donors (Lipinski definition) is 1. The SMILES string of the molecule is CC(C1CCCN1)N(c1cc(Cl)ccc1Cl)S(=O)(=O)c1ccc(Cl)cc1. The molecule has 3 rings (SSSR count). The van der Waals surface area contributed by atoms with Gasteiger partial charge < -0.3 is 5.32 Å². The maximum atomic E-state index is 13.5. The zero-order valence-corrected chi connectivity index (χ0v) is 17.2. The first-order chi connectivity index (χ1) is 12.3. The van der Waals surface area contributed by atoms with Crippen LogP contribution in [0.1, 0.15) is 19.8 Å². The molecule has 0 aliphatic carbocycles. The van der Waals surface area contributed by atoms with Crippen LogP contribution < -0.4 is 9.62 Å². The lowest BCUT2D eigenvalue weighted by Crippen LogP contribution is -2.49. The quantitative estimate of drug-likeness (QED) is 0.723. The van der Waals surface area contributed by atoms with Gasteiger partial charge in [-0.05, 0) is 68.8 Å². The van der Waals surface area contributed by atoms with E-state index in [9.17, 15) is 8.42 Å². The molecule has 2 aromatic rings. The summed E-state index contributed by atoms with van der Waals surface area (Å²) < 4.78 is 28.3. The Bertz CT molecular complexity index is 882. The predicted octanol–water partition coefficient (Wildman–Crippen LogP) is 4.98. The molecule has 0 bridgehead atoms. The maximum absolute atomic E-state index is 13.5. The first-order valence-electron chi connectivity index (χ1n) is 8.29. The molecular formula is C18H19Cl3N2O2S. The minimum Gasteiger partial charge on any atom is -0.312 e. The Hall–Kier alpha value is -0.980. The van der Waals surface area contributed by atoms with E-state index in [2.05, 4.69) is 5.32 Å². The highest BCUT2D eigenvalue weighted by Crippen LogP contribution is 2.36. The molecule has 1 heterocycles. The molecule has 0 saturated carbocycles. The summed E-state index contributed by atoms with van der Waals surface area (Å²) in [6.45, 7) is 2.75. The first kappa shape index (κ1) is 19.8. The topological polar surface area (TPSA) is 49.4 Å². The normalized spacial score (nSPS) is 18.7. The Labute approximate surface area is 169 Å². The minimum absolute atomic E-state index is 0.0344. The molecule has 1 N–H and O–H groups in total. The van der Waals surface area contributed by atoms with Gasteiger partial charge in [-0.3, -0.25) is 4.31 Å². The van der Waals surface area contributed by atoms with Gasteiger partial charge in [0.2, 0.25) is 0 Å². The van der Waals surface area contributed by atoms with Crippen molar-refractivity contribution in [3.63, 3.8) is 0 Å². The maximum Gasteiger partial charge on any atom is 0.264 e. The van der Waals surface area contributed by atoms with Crippen LogP contribution in [0, 0.1) is 0 Å². The fraction of sp³-hybridized carbons (Fsp3) is 0.333. The molecule has 1 saturated heterocycles. The summed E-state index contributed by atoms with van der Waals surface area (Å²) in [5, 5.41) is 4.60. The van der Waals surface area contributed by atoms with Crippen molar-refractivity contribution in [2.45, 2.75) is 36.7 Å². The lowest BCUT2D eigenvalue weighted by atomic mass is 10.1. The molecule has 0 amide bonds. The highest BCUT2D eigenvalue weighted by molar-refractivity contribution is 7.92. The largest absolute Gasteiger partial charge is 0.312 e. The second-order valence-electron chi connectivity index (χ2n) is 6.29. The number of nitrogens with one attached hydrogen (secondary N) is 1. The van der Waals surface area contributed by atoms with Crippen molar-refractivity contribution in [1.82, 2.24) is 5.32 Å².